The summed E-state index contributed by atoms with van der Waals surface area (Å²) in [6, 6.07) is 12.4. The Hall–Kier alpha value is -1.78. The van der Waals surface area contributed by atoms with Crippen molar-refractivity contribution >= 4 is 22.2 Å². The summed E-state index contributed by atoms with van der Waals surface area (Å²) in [4.78, 5) is 10.9. The van der Waals surface area contributed by atoms with Gasteiger partial charge in [0.15, 0.2) is 0 Å². The van der Waals surface area contributed by atoms with Gasteiger partial charge >= 0.3 is 0 Å². The predicted molar refractivity (Wildman–Crippen MR) is 89.7 cm³/mol. The minimum Gasteiger partial charge on any atom is -0.315 e. The second-order valence-corrected chi connectivity index (χ2v) is 6.49. The van der Waals surface area contributed by atoms with Crippen molar-refractivity contribution in [3.8, 4) is 10.7 Å². The van der Waals surface area contributed by atoms with E-state index < -0.39 is 0 Å². The molecule has 0 radical (unpaired) electrons. The summed E-state index contributed by atoms with van der Waals surface area (Å²) in [5.41, 5.74) is 3.16. The van der Waals surface area contributed by atoms with Crippen molar-refractivity contribution in [2.75, 3.05) is 7.05 Å². The minimum absolute atomic E-state index is 0.429. The lowest BCUT2D eigenvalue weighted by atomic mass is 10.1. The third-order valence-electron chi connectivity index (χ3n) is 3.43. The Kier molecular flexibility index (Phi) is 3.99. The van der Waals surface area contributed by atoms with Gasteiger partial charge < -0.3 is 5.32 Å². The number of fused-ring (bicyclic) bond motifs is 1. The summed E-state index contributed by atoms with van der Waals surface area (Å²) in [7, 11) is 1.97. The summed E-state index contributed by atoms with van der Waals surface area (Å²) in [5, 5.41) is 5.40. The zero-order valence-corrected chi connectivity index (χ0v) is 13.4. The van der Waals surface area contributed by atoms with Gasteiger partial charge in [-0.05, 0) is 25.1 Å². The van der Waals surface area contributed by atoms with Crippen molar-refractivity contribution in [2.24, 2.45) is 0 Å². The van der Waals surface area contributed by atoms with Gasteiger partial charge in [-0.15, -0.1) is 11.3 Å². The number of pyridine rings is 1. The Labute approximate surface area is 129 Å². The molecule has 0 bridgehead atoms. The smallest absolute Gasteiger partial charge is 0.142 e. The van der Waals surface area contributed by atoms with E-state index in [4.69, 9.17) is 9.97 Å². The maximum Gasteiger partial charge on any atom is 0.142 e. The van der Waals surface area contributed by atoms with Gasteiger partial charge in [-0.2, -0.15) is 0 Å². The minimum atomic E-state index is 0.429. The van der Waals surface area contributed by atoms with Crippen molar-refractivity contribution in [2.45, 2.75) is 26.3 Å². The van der Waals surface area contributed by atoms with Crippen LogP contribution in [0.25, 0.3) is 21.6 Å². The molecule has 0 amide bonds. The molecule has 3 nitrogen and oxygen atoms in total. The summed E-state index contributed by atoms with van der Waals surface area (Å²) < 4.78 is 0. The highest BCUT2D eigenvalue weighted by molar-refractivity contribution is 7.15. The first-order valence-corrected chi connectivity index (χ1v) is 8.01. The molecule has 3 rings (SSSR count). The maximum atomic E-state index is 4.82. The van der Waals surface area contributed by atoms with E-state index in [9.17, 15) is 0 Å². The van der Waals surface area contributed by atoms with E-state index in [0.29, 0.717) is 5.92 Å². The molecule has 0 fully saturated rings. The standard InChI is InChI=1S/C17H19N3S/c1-11(2)16-15(10-18-3)21-17(20-16)14-9-8-12-6-4-5-7-13(12)19-14/h4-9,11,18H,10H2,1-3H3. The lowest BCUT2D eigenvalue weighted by molar-refractivity contribution is 0.771. The number of nitrogens with one attached hydrogen (secondary N) is 1. The quantitative estimate of drug-likeness (QED) is 0.784. The zero-order chi connectivity index (χ0) is 14.8. The molecule has 1 aromatic carbocycles. The first-order valence-electron chi connectivity index (χ1n) is 7.19. The van der Waals surface area contributed by atoms with E-state index >= 15 is 0 Å². The van der Waals surface area contributed by atoms with E-state index in [-0.39, 0.29) is 0 Å². The molecular formula is C17H19N3S. The first-order chi connectivity index (χ1) is 10.2. The molecule has 1 N–H and O–H groups in total. The average molecular weight is 297 g/mol. The van der Waals surface area contributed by atoms with Crippen LogP contribution < -0.4 is 5.32 Å². The Morgan fingerprint density at radius 1 is 1.10 bits per heavy atom. The Morgan fingerprint density at radius 2 is 1.90 bits per heavy atom. The molecule has 0 atom stereocenters. The van der Waals surface area contributed by atoms with Gasteiger partial charge in [0, 0.05) is 16.8 Å². The van der Waals surface area contributed by atoms with Crippen molar-refractivity contribution in [3.63, 3.8) is 0 Å². The molecular weight excluding hydrogens is 278 g/mol. The summed E-state index contributed by atoms with van der Waals surface area (Å²) in [5.74, 6) is 0.429. The number of para-hydroxylation sites is 1. The molecule has 21 heavy (non-hydrogen) atoms. The van der Waals surface area contributed by atoms with Gasteiger partial charge in [0.2, 0.25) is 0 Å². The van der Waals surface area contributed by atoms with E-state index in [2.05, 4.69) is 37.4 Å². The Balaban J connectivity index is 2.07. The molecule has 2 aromatic heterocycles. The van der Waals surface area contributed by atoms with Crippen LogP contribution in [0.4, 0.5) is 0 Å². The van der Waals surface area contributed by atoms with Gasteiger partial charge in [0.25, 0.3) is 0 Å². The molecule has 108 valence electrons. The average Bonchev–Trinajstić information content (AvgIpc) is 2.91. The van der Waals surface area contributed by atoms with Crippen LogP contribution in [-0.4, -0.2) is 17.0 Å². The molecule has 0 saturated carbocycles. The largest absolute Gasteiger partial charge is 0.315 e. The number of rotatable bonds is 4. The van der Waals surface area contributed by atoms with Crippen molar-refractivity contribution < 1.29 is 0 Å². The summed E-state index contributed by atoms with van der Waals surface area (Å²) in [6.07, 6.45) is 0. The number of hydrogen-bond donors (Lipinski definition) is 1. The molecule has 0 aliphatic heterocycles. The second-order valence-electron chi connectivity index (χ2n) is 5.40. The Bertz CT molecular complexity index is 762. The van der Waals surface area contributed by atoms with Gasteiger partial charge in [0.1, 0.15) is 5.01 Å². The molecule has 0 unspecified atom stereocenters. The molecule has 0 saturated heterocycles. The predicted octanol–water partition coefficient (Wildman–Crippen LogP) is 4.20. The fourth-order valence-electron chi connectivity index (χ4n) is 2.40. The molecule has 0 spiro atoms. The third-order valence-corrected chi connectivity index (χ3v) is 4.52. The van der Waals surface area contributed by atoms with E-state index in [1.165, 1.54) is 10.6 Å². The lowest BCUT2D eigenvalue weighted by Crippen LogP contribution is -2.06. The highest BCUT2D eigenvalue weighted by Gasteiger charge is 2.15. The van der Waals surface area contributed by atoms with Gasteiger partial charge in [-0.3, -0.25) is 0 Å². The van der Waals surface area contributed by atoms with Crippen LogP contribution in [0.2, 0.25) is 0 Å². The topological polar surface area (TPSA) is 37.8 Å². The number of nitrogens with zero attached hydrogens (tertiary/aromatic N) is 2. The monoisotopic (exact) mass is 297 g/mol. The second kappa shape index (κ2) is 5.92. The van der Waals surface area contributed by atoms with Gasteiger partial charge in [-0.25, -0.2) is 9.97 Å². The fourth-order valence-corrected chi connectivity index (χ4v) is 3.59. The Morgan fingerprint density at radius 3 is 2.67 bits per heavy atom. The van der Waals surface area contributed by atoms with Crippen LogP contribution in [0.3, 0.4) is 0 Å². The molecule has 0 aliphatic rings. The molecule has 3 aromatic rings. The summed E-state index contributed by atoms with van der Waals surface area (Å²) >= 11 is 1.74. The van der Waals surface area contributed by atoms with Crippen LogP contribution in [0.15, 0.2) is 36.4 Å². The van der Waals surface area contributed by atoms with E-state index in [1.807, 2.05) is 25.2 Å². The van der Waals surface area contributed by atoms with Crippen molar-refractivity contribution in [1.82, 2.24) is 15.3 Å². The number of benzene rings is 1. The normalized spacial score (nSPS) is 11.4. The maximum absolute atomic E-state index is 4.82. The highest BCUT2D eigenvalue weighted by atomic mass is 32.1. The van der Waals surface area contributed by atoms with Crippen LogP contribution in [0, 0.1) is 0 Å². The molecule has 0 aliphatic carbocycles. The van der Waals surface area contributed by atoms with Crippen LogP contribution in [0.5, 0.6) is 0 Å². The van der Waals surface area contributed by atoms with Gasteiger partial charge in [0.05, 0.1) is 16.9 Å². The molecule has 2 heterocycles. The number of thiazole rings is 1. The molecule has 4 heteroatoms. The van der Waals surface area contributed by atoms with E-state index in [0.717, 1.165) is 28.1 Å². The number of hydrogen-bond acceptors (Lipinski definition) is 4. The van der Waals surface area contributed by atoms with Crippen LogP contribution in [0.1, 0.15) is 30.3 Å². The number of aromatic nitrogens is 2. The van der Waals surface area contributed by atoms with Crippen molar-refractivity contribution in [3.05, 3.63) is 47.0 Å². The van der Waals surface area contributed by atoms with E-state index in [1.54, 1.807) is 11.3 Å². The van der Waals surface area contributed by atoms with Crippen LogP contribution >= 0.6 is 11.3 Å². The zero-order valence-electron chi connectivity index (χ0n) is 12.6. The van der Waals surface area contributed by atoms with Gasteiger partial charge in [-0.1, -0.05) is 38.1 Å². The fraction of sp³-hybridized carbons (Fsp3) is 0.294. The first kappa shape index (κ1) is 14.2. The highest BCUT2D eigenvalue weighted by Crippen LogP contribution is 2.31. The van der Waals surface area contributed by atoms with Crippen LogP contribution in [-0.2, 0) is 6.54 Å². The lowest BCUT2D eigenvalue weighted by Gasteiger charge is -2.03. The third kappa shape index (κ3) is 2.82. The van der Waals surface area contributed by atoms with Crippen molar-refractivity contribution in [1.29, 1.82) is 0 Å². The summed E-state index contributed by atoms with van der Waals surface area (Å²) in [6.45, 7) is 5.23. The SMILES string of the molecule is CNCc1sc(-c2ccc3ccccc3n2)nc1C(C)C.